The quantitative estimate of drug-likeness (QED) is 0.855. The molecule has 16 heavy (non-hydrogen) atoms. The Bertz CT molecular complexity index is 419. The molecule has 0 saturated heterocycles. The van der Waals surface area contributed by atoms with Crippen molar-refractivity contribution in [3.05, 3.63) is 34.3 Å². The minimum Gasteiger partial charge on any atom is -0.338 e. The van der Waals surface area contributed by atoms with Gasteiger partial charge in [0.05, 0.1) is 0 Å². The lowest BCUT2D eigenvalue weighted by atomic mass is 9.89. The standard InChI is InChI=1S/C12H15ClN2O/c1-2-15-7-8(6-14)11-9(12(15)16)4-3-5-10(11)13/h3-5,8H,2,6-7,14H2,1H3. The van der Waals surface area contributed by atoms with Crippen LogP contribution < -0.4 is 5.73 Å². The maximum Gasteiger partial charge on any atom is 0.254 e. The van der Waals surface area contributed by atoms with Gasteiger partial charge in [0.1, 0.15) is 0 Å². The van der Waals surface area contributed by atoms with E-state index in [9.17, 15) is 4.79 Å². The van der Waals surface area contributed by atoms with Crippen LogP contribution in [0.1, 0.15) is 28.8 Å². The van der Waals surface area contributed by atoms with Crippen molar-refractivity contribution < 1.29 is 4.79 Å². The molecule has 1 aromatic rings. The average Bonchev–Trinajstić information content (AvgIpc) is 2.30. The smallest absolute Gasteiger partial charge is 0.254 e. The van der Waals surface area contributed by atoms with Crippen molar-refractivity contribution in [1.29, 1.82) is 0 Å². The monoisotopic (exact) mass is 238 g/mol. The van der Waals surface area contributed by atoms with Crippen LogP contribution in [0.2, 0.25) is 5.02 Å². The van der Waals surface area contributed by atoms with Gasteiger partial charge in [-0.1, -0.05) is 17.7 Å². The van der Waals surface area contributed by atoms with E-state index in [1.807, 2.05) is 30.0 Å². The van der Waals surface area contributed by atoms with E-state index < -0.39 is 0 Å². The van der Waals surface area contributed by atoms with Crippen molar-refractivity contribution in [3.8, 4) is 0 Å². The Morgan fingerprint density at radius 3 is 2.94 bits per heavy atom. The number of benzene rings is 1. The topological polar surface area (TPSA) is 46.3 Å². The number of rotatable bonds is 2. The number of likely N-dealkylation sites (N-methyl/N-ethyl adjacent to an activating group) is 1. The molecule has 1 aliphatic heterocycles. The number of hydrogen-bond donors (Lipinski definition) is 1. The molecular formula is C12H15ClN2O. The second kappa shape index (κ2) is 4.44. The largest absolute Gasteiger partial charge is 0.338 e. The van der Waals surface area contributed by atoms with E-state index in [1.54, 1.807) is 0 Å². The summed E-state index contributed by atoms with van der Waals surface area (Å²) in [6, 6.07) is 5.46. The molecule has 1 amide bonds. The Balaban J connectivity index is 2.53. The lowest BCUT2D eigenvalue weighted by Gasteiger charge is -2.33. The van der Waals surface area contributed by atoms with Gasteiger partial charge in [-0.2, -0.15) is 0 Å². The van der Waals surface area contributed by atoms with E-state index >= 15 is 0 Å². The van der Waals surface area contributed by atoms with E-state index in [0.29, 0.717) is 30.2 Å². The second-order valence-corrected chi connectivity index (χ2v) is 4.38. The zero-order chi connectivity index (χ0) is 11.7. The molecule has 0 fully saturated rings. The highest BCUT2D eigenvalue weighted by molar-refractivity contribution is 6.32. The van der Waals surface area contributed by atoms with Gasteiger partial charge in [0.15, 0.2) is 0 Å². The maximum absolute atomic E-state index is 12.1. The molecule has 1 heterocycles. The first-order valence-corrected chi connectivity index (χ1v) is 5.84. The molecule has 1 atom stereocenters. The predicted molar refractivity (Wildman–Crippen MR) is 64.8 cm³/mol. The van der Waals surface area contributed by atoms with Gasteiger partial charge in [-0.3, -0.25) is 4.79 Å². The minimum absolute atomic E-state index is 0.0599. The molecule has 0 radical (unpaired) electrons. The molecule has 2 N–H and O–H groups in total. The molecule has 0 aromatic heterocycles. The Morgan fingerprint density at radius 2 is 2.31 bits per heavy atom. The number of fused-ring (bicyclic) bond motifs is 1. The molecule has 1 aromatic carbocycles. The summed E-state index contributed by atoms with van der Waals surface area (Å²) in [6.45, 7) is 3.87. The number of hydrogen-bond acceptors (Lipinski definition) is 2. The second-order valence-electron chi connectivity index (χ2n) is 3.98. The first-order chi connectivity index (χ1) is 7.69. The molecule has 2 rings (SSSR count). The number of carbonyl (C=O) groups is 1. The number of carbonyl (C=O) groups excluding carboxylic acids is 1. The summed E-state index contributed by atoms with van der Waals surface area (Å²) in [5.74, 6) is 0.214. The predicted octanol–water partition coefficient (Wildman–Crippen LogP) is 1.86. The van der Waals surface area contributed by atoms with Crippen LogP contribution in [0.5, 0.6) is 0 Å². The van der Waals surface area contributed by atoms with Gasteiger partial charge in [-0.15, -0.1) is 0 Å². The van der Waals surface area contributed by atoms with Crippen LogP contribution in [-0.2, 0) is 0 Å². The Kier molecular flexibility index (Phi) is 3.17. The normalized spacial score (nSPS) is 19.8. The molecular weight excluding hydrogens is 224 g/mol. The third kappa shape index (κ3) is 1.70. The first kappa shape index (κ1) is 11.4. The minimum atomic E-state index is 0.0599. The summed E-state index contributed by atoms with van der Waals surface area (Å²) in [7, 11) is 0. The van der Waals surface area contributed by atoms with Gasteiger partial charge in [0.25, 0.3) is 5.91 Å². The highest BCUT2D eigenvalue weighted by Gasteiger charge is 2.30. The molecule has 4 heteroatoms. The molecule has 0 bridgehead atoms. The molecule has 0 aliphatic carbocycles. The molecule has 0 saturated carbocycles. The fraction of sp³-hybridized carbons (Fsp3) is 0.417. The zero-order valence-electron chi connectivity index (χ0n) is 9.24. The number of halogens is 1. The summed E-state index contributed by atoms with van der Waals surface area (Å²) >= 11 is 6.15. The van der Waals surface area contributed by atoms with E-state index in [0.717, 1.165) is 5.56 Å². The highest BCUT2D eigenvalue weighted by atomic mass is 35.5. The van der Waals surface area contributed by atoms with E-state index in [2.05, 4.69) is 0 Å². The van der Waals surface area contributed by atoms with E-state index in [1.165, 1.54) is 0 Å². The SMILES string of the molecule is CCN1CC(CN)c2c(Cl)cccc2C1=O. The van der Waals surface area contributed by atoms with Crippen molar-refractivity contribution in [2.45, 2.75) is 12.8 Å². The molecule has 86 valence electrons. The summed E-state index contributed by atoms with van der Waals surface area (Å²) < 4.78 is 0. The average molecular weight is 239 g/mol. The number of amides is 1. The Hall–Kier alpha value is -1.06. The van der Waals surface area contributed by atoms with Crippen LogP contribution in [0.4, 0.5) is 0 Å². The zero-order valence-corrected chi connectivity index (χ0v) is 10.00. The van der Waals surface area contributed by atoms with Crippen molar-refractivity contribution in [2.24, 2.45) is 5.73 Å². The molecule has 1 aliphatic rings. The summed E-state index contributed by atoms with van der Waals surface area (Å²) in [6.07, 6.45) is 0. The van der Waals surface area contributed by atoms with Gasteiger partial charge in [-0.05, 0) is 24.6 Å². The lowest BCUT2D eigenvalue weighted by molar-refractivity contribution is 0.0733. The van der Waals surface area contributed by atoms with Crippen molar-refractivity contribution >= 4 is 17.5 Å². The first-order valence-electron chi connectivity index (χ1n) is 5.46. The molecule has 3 nitrogen and oxygen atoms in total. The molecule has 1 unspecified atom stereocenters. The maximum atomic E-state index is 12.1. The van der Waals surface area contributed by atoms with Crippen molar-refractivity contribution in [2.75, 3.05) is 19.6 Å². The Labute approximate surface area is 100 Å². The van der Waals surface area contributed by atoms with Crippen LogP contribution in [0, 0.1) is 0 Å². The van der Waals surface area contributed by atoms with Crippen molar-refractivity contribution in [3.63, 3.8) is 0 Å². The molecule has 0 spiro atoms. The Morgan fingerprint density at radius 1 is 1.56 bits per heavy atom. The van der Waals surface area contributed by atoms with Crippen LogP contribution in [0.25, 0.3) is 0 Å². The van der Waals surface area contributed by atoms with Gasteiger partial charge in [-0.25, -0.2) is 0 Å². The van der Waals surface area contributed by atoms with Crippen LogP contribution in [0.3, 0.4) is 0 Å². The summed E-state index contributed by atoms with van der Waals surface area (Å²) in [5, 5.41) is 0.650. The van der Waals surface area contributed by atoms with Crippen LogP contribution in [-0.4, -0.2) is 30.4 Å². The van der Waals surface area contributed by atoms with Gasteiger partial charge >= 0.3 is 0 Å². The summed E-state index contributed by atoms with van der Waals surface area (Å²) in [4.78, 5) is 13.9. The van der Waals surface area contributed by atoms with E-state index in [4.69, 9.17) is 17.3 Å². The fourth-order valence-corrected chi connectivity index (χ4v) is 2.54. The van der Waals surface area contributed by atoms with Gasteiger partial charge in [0, 0.05) is 36.1 Å². The lowest BCUT2D eigenvalue weighted by Crippen LogP contribution is -2.41. The van der Waals surface area contributed by atoms with Gasteiger partial charge in [0.2, 0.25) is 0 Å². The third-order valence-electron chi connectivity index (χ3n) is 3.09. The van der Waals surface area contributed by atoms with E-state index in [-0.39, 0.29) is 11.8 Å². The number of nitrogens with zero attached hydrogens (tertiary/aromatic N) is 1. The fourth-order valence-electron chi connectivity index (χ4n) is 2.21. The van der Waals surface area contributed by atoms with Crippen LogP contribution >= 0.6 is 11.6 Å². The van der Waals surface area contributed by atoms with Crippen molar-refractivity contribution in [1.82, 2.24) is 4.90 Å². The van der Waals surface area contributed by atoms with Crippen LogP contribution in [0.15, 0.2) is 18.2 Å². The van der Waals surface area contributed by atoms with Gasteiger partial charge < -0.3 is 10.6 Å². The highest BCUT2D eigenvalue weighted by Crippen LogP contribution is 2.33. The summed E-state index contributed by atoms with van der Waals surface area (Å²) in [5.41, 5.74) is 7.38. The number of nitrogens with two attached hydrogens (primary N) is 1. The third-order valence-corrected chi connectivity index (χ3v) is 3.42.